The molecule has 136 valence electrons. The minimum atomic E-state index is -3.20. The van der Waals surface area contributed by atoms with Crippen LogP contribution in [0.5, 0.6) is 0 Å². The van der Waals surface area contributed by atoms with Gasteiger partial charge in [0.15, 0.2) is 9.84 Å². The van der Waals surface area contributed by atoms with Crippen molar-refractivity contribution in [2.45, 2.75) is 4.21 Å². The van der Waals surface area contributed by atoms with Crippen molar-refractivity contribution in [3.8, 4) is 0 Å². The van der Waals surface area contributed by atoms with Gasteiger partial charge in [0.25, 0.3) is 0 Å². The zero-order chi connectivity index (χ0) is 19.0. The Morgan fingerprint density at radius 1 is 0.607 bits per heavy atom. The molecule has 0 aliphatic rings. The zero-order valence-electron chi connectivity index (χ0n) is 14.9. The lowest BCUT2D eigenvalue weighted by Gasteiger charge is -2.09. The molecule has 0 fully saturated rings. The average Bonchev–Trinajstić information content (AvgIpc) is 3.33. The summed E-state index contributed by atoms with van der Waals surface area (Å²) < 4.78 is 26.7. The van der Waals surface area contributed by atoms with Gasteiger partial charge >= 0.3 is 0 Å². The van der Waals surface area contributed by atoms with E-state index in [0.29, 0.717) is 4.21 Å². The molecule has 0 aliphatic heterocycles. The van der Waals surface area contributed by atoms with Crippen molar-refractivity contribution in [2.24, 2.45) is 0 Å². The van der Waals surface area contributed by atoms with Crippen LogP contribution in [0.4, 0.5) is 0 Å². The molecule has 0 saturated carbocycles. The lowest BCUT2D eigenvalue weighted by Crippen LogP contribution is -1.91. The fourth-order valence-corrected chi connectivity index (χ4v) is 6.99. The molecule has 2 heterocycles. The van der Waals surface area contributed by atoms with Crippen molar-refractivity contribution in [3.63, 3.8) is 0 Å². The molecule has 0 atom stereocenters. The van der Waals surface area contributed by atoms with Gasteiger partial charge in [0.05, 0.1) is 0 Å². The fourth-order valence-electron chi connectivity index (χ4n) is 4.17. The fraction of sp³-hybridized carbons (Fsp3) is 0.0435. The number of fused-ring (bicyclic) bond motifs is 9. The number of thiophene rings is 2. The van der Waals surface area contributed by atoms with E-state index in [1.807, 2.05) is 12.1 Å². The predicted molar refractivity (Wildman–Crippen MR) is 123 cm³/mol. The maximum Gasteiger partial charge on any atom is 0.184 e. The maximum absolute atomic E-state index is 12.0. The summed E-state index contributed by atoms with van der Waals surface area (Å²) >= 11 is 3.11. The van der Waals surface area contributed by atoms with Crippen molar-refractivity contribution in [1.82, 2.24) is 0 Å². The van der Waals surface area contributed by atoms with Gasteiger partial charge in [-0.15, -0.1) is 22.7 Å². The first kappa shape index (κ1) is 16.5. The molecular formula is C23H14O2S3. The highest BCUT2D eigenvalue weighted by molar-refractivity contribution is 7.93. The van der Waals surface area contributed by atoms with Crippen LogP contribution in [0.1, 0.15) is 0 Å². The smallest absolute Gasteiger partial charge is 0.184 e. The molecule has 0 radical (unpaired) electrons. The summed E-state index contributed by atoms with van der Waals surface area (Å²) in [6.07, 6.45) is 1.27. The topological polar surface area (TPSA) is 34.1 Å². The Labute approximate surface area is 169 Å². The van der Waals surface area contributed by atoms with Crippen molar-refractivity contribution in [1.29, 1.82) is 0 Å². The minimum absolute atomic E-state index is 0.424. The van der Waals surface area contributed by atoms with Crippen LogP contribution in [0.25, 0.3) is 52.5 Å². The summed E-state index contributed by atoms with van der Waals surface area (Å²) in [6, 6.07) is 21.3. The Kier molecular flexibility index (Phi) is 3.26. The number of benzene rings is 4. The van der Waals surface area contributed by atoms with Gasteiger partial charge in [-0.2, -0.15) is 0 Å². The molecule has 28 heavy (non-hydrogen) atoms. The van der Waals surface area contributed by atoms with Crippen molar-refractivity contribution < 1.29 is 8.42 Å². The third-order valence-corrected chi connectivity index (χ3v) is 9.25. The summed E-state index contributed by atoms with van der Waals surface area (Å²) in [4.78, 5) is 0. The van der Waals surface area contributed by atoms with Gasteiger partial charge in [-0.3, -0.25) is 0 Å². The van der Waals surface area contributed by atoms with Crippen LogP contribution >= 0.6 is 22.7 Å². The highest BCUT2D eigenvalue weighted by Crippen LogP contribution is 2.40. The number of sulfone groups is 1. The molecule has 0 amide bonds. The third-order valence-electron chi connectivity index (χ3n) is 5.47. The van der Waals surface area contributed by atoms with E-state index in [2.05, 4.69) is 53.9 Å². The normalized spacial score (nSPS) is 12.8. The Balaban J connectivity index is 1.76. The second kappa shape index (κ2) is 5.54. The average molecular weight is 419 g/mol. The first-order chi connectivity index (χ1) is 13.5. The molecule has 6 aromatic rings. The van der Waals surface area contributed by atoms with Gasteiger partial charge in [0.2, 0.25) is 0 Å². The lowest BCUT2D eigenvalue weighted by molar-refractivity contribution is 0.604. The Morgan fingerprint density at radius 3 is 1.71 bits per heavy atom. The van der Waals surface area contributed by atoms with Crippen molar-refractivity contribution in [3.05, 3.63) is 66.0 Å². The summed E-state index contributed by atoms with van der Waals surface area (Å²) in [5, 5.41) is 11.7. The summed E-state index contributed by atoms with van der Waals surface area (Å²) in [6.45, 7) is 0. The monoisotopic (exact) mass is 418 g/mol. The second-order valence-electron chi connectivity index (χ2n) is 7.13. The number of hydrogen-bond donors (Lipinski definition) is 0. The first-order valence-corrected chi connectivity index (χ1v) is 12.5. The van der Waals surface area contributed by atoms with E-state index in [1.165, 1.54) is 49.2 Å². The van der Waals surface area contributed by atoms with Crippen molar-refractivity contribution >= 4 is 85.0 Å². The first-order valence-electron chi connectivity index (χ1n) is 8.89. The van der Waals surface area contributed by atoms with E-state index in [-0.39, 0.29) is 0 Å². The Hall–Kier alpha value is -2.47. The molecule has 0 aliphatic carbocycles. The van der Waals surface area contributed by atoms with Gasteiger partial charge in [0, 0.05) is 26.4 Å². The van der Waals surface area contributed by atoms with Crippen LogP contribution in [0.3, 0.4) is 0 Å². The van der Waals surface area contributed by atoms with Crippen LogP contribution in [-0.4, -0.2) is 14.7 Å². The number of rotatable bonds is 1. The minimum Gasteiger partial charge on any atom is -0.223 e. The highest BCUT2D eigenvalue weighted by atomic mass is 32.2. The largest absolute Gasteiger partial charge is 0.223 e. The van der Waals surface area contributed by atoms with Gasteiger partial charge in [0.1, 0.15) is 4.21 Å². The van der Waals surface area contributed by atoms with E-state index in [1.54, 1.807) is 11.3 Å². The molecule has 0 bridgehead atoms. The van der Waals surface area contributed by atoms with Crippen LogP contribution in [0.15, 0.2) is 70.3 Å². The third kappa shape index (κ3) is 2.21. The van der Waals surface area contributed by atoms with Crippen LogP contribution in [0, 0.1) is 0 Å². The molecule has 2 nitrogen and oxygen atoms in total. The molecular weight excluding hydrogens is 404 g/mol. The molecule has 0 spiro atoms. The van der Waals surface area contributed by atoms with E-state index in [9.17, 15) is 8.42 Å². The second-order valence-corrected chi connectivity index (χ2v) is 11.4. The predicted octanol–water partition coefficient (Wildman–Crippen LogP) is 6.98. The van der Waals surface area contributed by atoms with Crippen molar-refractivity contribution in [2.75, 3.05) is 6.26 Å². The Bertz CT molecular complexity index is 1690. The van der Waals surface area contributed by atoms with Gasteiger partial charge in [-0.1, -0.05) is 36.4 Å². The molecule has 0 saturated heterocycles. The van der Waals surface area contributed by atoms with Gasteiger partial charge in [-0.25, -0.2) is 8.42 Å². The number of hydrogen-bond acceptors (Lipinski definition) is 4. The maximum atomic E-state index is 12.0. The lowest BCUT2D eigenvalue weighted by atomic mass is 9.95. The summed E-state index contributed by atoms with van der Waals surface area (Å²) in [5.74, 6) is 0. The summed E-state index contributed by atoms with van der Waals surface area (Å²) in [5.41, 5.74) is 0. The van der Waals surface area contributed by atoms with E-state index >= 15 is 0 Å². The van der Waals surface area contributed by atoms with Gasteiger partial charge in [-0.05, 0) is 62.0 Å². The SMILES string of the molecule is CS(=O)(=O)c1cc2c(ccc3c2ccc2c4ccc5sccc5c4ccc32)s1. The Morgan fingerprint density at radius 2 is 1.11 bits per heavy atom. The van der Waals surface area contributed by atoms with Crippen LogP contribution in [-0.2, 0) is 9.84 Å². The van der Waals surface area contributed by atoms with Crippen LogP contribution in [0.2, 0.25) is 0 Å². The highest BCUT2D eigenvalue weighted by Gasteiger charge is 2.15. The van der Waals surface area contributed by atoms with Gasteiger partial charge < -0.3 is 0 Å². The molecule has 4 aromatic carbocycles. The van der Waals surface area contributed by atoms with Crippen LogP contribution < -0.4 is 0 Å². The van der Waals surface area contributed by atoms with E-state index in [0.717, 1.165) is 20.9 Å². The molecule has 0 unspecified atom stereocenters. The standard InChI is InChI=1S/C23H14O2S3/c1-28(24,25)23-12-20-18-5-3-13-14(16(18)7-9-22(20)27-23)2-4-17-15(13)6-8-21-19(17)10-11-26-21/h2-12H,1H3. The van der Waals surface area contributed by atoms with E-state index < -0.39 is 9.84 Å². The quantitative estimate of drug-likeness (QED) is 0.270. The zero-order valence-corrected chi connectivity index (χ0v) is 17.3. The molecule has 5 heteroatoms. The summed E-state index contributed by atoms with van der Waals surface area (Å²) in [7, 11) is -3.20. The molecule has 6 rings (SSSR count). The van der Waals surface area contributed by atoms with E-state index in [4.69, 9.17) is 0 Å². The molecule has 2 aromatic heterocycles. The molecule has 0 N–H and O–H groups in total.